The van der Waals surface area contributed by atoms with Gasteiger partial charge in [0.2, 0.25) is 0 Å². The Morgan fingerprint density at radius 3 is 2.70 bits per heavy atom. The van der Waals surface area contributed by atoms with E-state index in [4.69, 9.17) is 18.9 Å². The second-order valence-corrected chi connectivity index (χ2v) is 7.92. The van der Waals surface area contributed by atoms with Gasteiger partial charge in [0.25, 0.3) is 0 Å². The van der Waals surface area contributed by atoms with Crippen molar-refractivity contribution in [2.45, 2.75) is 50.9 Å². The van der Waals surface area contributed by atoms with Crippen LogP contribution in [0, 0.1) is 0 Å². The van der Waals surface area contributed by atoms with Gasteiger partial charge in [0.1, 0.15) is 5.76 Å². The number of benzene rings is 1. The molecule has 30 heavy (non-hydrogen) atoms. The van der Waals surface area contributed by atoms with Gasteiger partial charge in [0.05, 0.1) is 19.5 Å². The first-order valence-corrected chi connectivity index (χ1v) is 10.6. The molecule has 1 unspecified atom stereocenters. The van der Waals surface area contributed by atoms with E-state index in [0.717, 1.165) is 50.4 Å². The first-order valence-electron chi connectivity index (χ1n) is 10.6. The third-order valence-electron chi connectivity index (χ3n) is 5.67. The highest BCUT2D eigenvalue weighted by Gasteiger charge is 2.30. The monoisotopic (exact) mass is 525 g/mol. The van der Waals surface area contributed by atoms with E-state index in [1.165, 1.54) is 11.1 Å². The number of fused-ring (bicyclic) bond motifs is 1. The quantitative estimate of drug-likeness (QED) is 0.328. The highest BCUT2D eigenvalue weighted by molar-refractivity contribution is 14.0. The van der Waals surface area contributed by atoms with E-state index in [1.807, 2.05) is 19.1 Å². The Kier molecular flexibility index (Phi) is 8.59. The van der Waals surface area contributed by atoms with Crippen molar-refractivity contribution in [2.75, 3.05) is 26.3 Å². The van der Waals surface area contributed by atoms with Crippen molar-refractivity contribution in [1.82, 2.24) is 10.6 Å². The Morgan fingerprint density at radius 2 is 1.93 bits per heavy atom. The Labute approximate surface area is 195 Å². The molecule has 0 saturated carbocycles. The summed E-state index contributed by atoms with van der Waals surface area (Å²) in [6, 6.07) is 13.0. The molecule has 1 aliphatic carbocycles. The van der Waals surface area contributed by atoms with Gasteiger partial charge in [0, 0.05) is 32.0 Å². The average Bonchev–Trinajstić information content (AvgIpc) is 3.40. The Balaban J connectivity index is 0.00000256. The summed E-state index contributed by atoms with van der Waals surface area (Å²) in [5, 5.41) is 7.11. The van der Waals surface area contributed by atoms with E-state index in [-0.39, 0.29) is 24.0 Å². The van der Waals surface area contributed by atoms with Crippen LogP contribution in [0.5, 0.6) is 0 Å². The minimum Gasteiger partial charge on any atom is -0.469 e. The molecule has 1 fully saturated rings. The number of nitrogens with zero attached hydrogens (tertiary/aromatic N) is 1. The van der Waals surface area contributed by atoms with Crippen molar-refractivity contribution >= 4 is 29.9 Å². The summed E-state index contributed by atoms with van der Waals surface area (Å²) < 4.78 is 16.8. The van der Waals surface area contributed by atoms with Gasteiger partial charge >= 0.3 is 0 Å². The lowest BCUT2D eigenvalue weighted by atomic mass is 9.88. The second kappa shape index (κ2) is 11.2. The fraction of sp³-hybridized carbons (Fsp3) is 0.522. The highest BCUT2D eigenvalue weighted by Crippen LogP contribution is 2.23. The van der Waals surface area contributed by atoms with Crippen molar-refractivity contribution in [3.05, 3.63) is 59.5 Å². The molecule has 7 heteroatoms. The van der Waals surface area contributed by atoms with Gasteiger partial charge in [0.15, 0.2) is 11.7 Å². The largest absolute Gasteiger partial charge is 0.469 e. The number of halogens is 1. The molecule has 2 aliphatic rings. The minimum atomic E-state index is -0.507. The van der Waals surface area contributed by atoms with Crippen LogP contribution in [-0.4, -0.2) is 44.1 Å². The number of rotatable bonds is 7. The molecular formula is C23H32IN3O3. The number of nitrogens with one attached hydrogen (secondary N) is 2. The molecule has 1 aromatic carbocycles. The van der Waals surface area contributed by atoms with Crippen LogP contribution in [0.3, 0.4) is 0 Å². The van der Waals surface area contributed by atoms with Crippen LogP contribution in [0.25, 0.3) is 0 Å². The zero-order chi connectivity index (χ0) is 19.9. The number of aryl methyl sites for hydroxylation is 1. The van der Waals surface area contributed by atoms with Crippen LogP contribution < -0.4 is 10.6 Å². The minimum absolute atomic E-state index is 0. The molecule has 1 atom stereocenters. The maximum atomic E-state index is 5.70. The third kappa shape index (κ3) is 6.46. The zero-order valence-electron chi connectivity index (χ0n) is 17.6. The molecular weight excluding hydrogens is 493 g/mol. The Hall–Kier alpha value is -1.58. The number of ether oxygens (including phenoxy) is 2. The summed E-state index contributed by atoms with van der Waals surface area (Å²) in [4.78, 5) is 4.81. The lowest BCUT2D eigenvalue weighted by Crippen LogP contribution is -2.46. The summed E-state index contributed by atoms with van der Waals surface area (Å²) in [6.07, 6.45) is 6.52. The number of furan rings is 1. The highest BCUT2D eigenvalue weighted by atomic mass is 127. The summed E-state index contributed by atoms with van der Waals surface area (Å²) in [5.41, 5.74) is 2.91. The lowest BCUT2D eigenvalue weighted by molar-refractivity contribution is -0.144. The van der Waals surface area contributed by atoms with Gasteiger partial charge in [-0.3, -0.25) is 4.99 Å². The fourth-order valence-corrected chi connectivity index (χ4v) is 4.00. The van der Waals surface area contributed by atoms with Crippen LogP contribution in [0.1, 0.15) is 36.7 Å². The molecule has 1 aliphatic heterocycles. The standard InChI is InChI=1S/C23H31N3O3.HI/c1-23(28-15-16-29-23)11-13-25-22(24-12-10-21-7-4-14-27-21)26-20-9-8-18-5-2-3-6-19(18)17-20;/h2-7,14,20H,8-13,15-17H2,1H3,(H2,24,25,26);1H. The molecule has 0 amide bonds. The van der Waals surface area contributed by atoms with Gasteiger partial charge in [-0.2, -0.15) is 0 Å². The van der Waals surface area contributed by atoms with Crippen molar-refractivity contribution in [2.24, 2.45) is 4.99 Å². The van der Waals surface area contributed by atoms with Gasteiger partial charge in [-0.25, -0.2) is 0 Å². The maximum Gasteiger partial charge on any atom is 0.191 e. The Bertz CT molecular complexity index is 804. The second-order valence-electron chi connectivity index (χ2n) is 7.92. The van der Waals surface area contributed by atoms with Crippen molar-refractivity contribution in [3.8, 4) is 0 Å². The van der Waals surface area contributed by atoms with Crippen molar-refractivity contribution in [1.29, 1.82) is 0 Å². The average molecular weight is 525 g/mol. The topological polar surface area (TPSA) is 68.0 Å². The Morgan fingerprint density at radius 1 is 1.13 bits per heavy atom. The molecule has 0 spiro atoms. The summed E-state index contributed by atoms with van der Waals surface area (Å²) in [5.74, 6) is 1.32. The molecule has 6 nitrogen and oxygen atoms in total. The fourth-order valence-electron chi connectivity index (χ4n) is 4.00. The zero-order valence-corrected chi connectivity index (χ0v) is 19.9. The molecule has 1 aromatic heterocycles. The van der Waals surface area contributed by atoms with Crippen LogP contribution in [0.2, 0.25) is 0 Å². The molecule has 0 radical (unpaired) electrons. The van der Waals surface area contributed by atoms with Crippen molar-refractivity contribution < 1.29 is 13.9 Å². The first kappa shape index (κ1) is 23.1. The van der Waals surface area contributed by atoms with E-state index < -0.39 is 5.79 Å². The predicted octanol–water partition coefficient (Wildman–Crippen LogP) is 3.69. The predicted molar refractivity (Wildman–Crippen MR) is 128 cm³/mol. The third-order valence-corrected chi connectivity index (χ3v) is 5.67. The van der Waals surface area contributed by atoms with Gasteiger partial charge in [-0.1, -0.05) is 24.3 Å². The van der Waals surface area contributed by atoms with Gasteiger partial charge in [-0.05, 0) is 49.4 Å². The van der Waals surface area contributed by atoms with Crippen molar-refractivity contribution in [3.63, 3.8) is 0 Å². The van der Waals surface area contributed by atoms with Crippen LogP contribution in [0.4, 0.5) is 0 Å². The molecule has 164 valence electrons. The van der Waals surface area contributed by atoms with E-state index in [9.17, 15) is 0 Å². The lowest BCUT2D eigenvalue weighted by Gasteiger charge is -2.27. The van der Waals surface area contributed by atoms with Crippen LogP contribution in [0.15, 0.2) is 52.1 Å². The van der Waals surface area contributed by atoms with Crippen LogP contribution in [-0.2, 0) is 28.7 Å². The molecule has 2 heterocycles. The normalized spacial score (nSPS) is 20.3. The first-order chi connectivity index (χ1) is 14.2. The number of aliphatic imine (C=N–C) groups is 1. The number of hydrogen-bond donors (Lipinski definition) is 2. The van der Waals surface area contributed by atoms with E-state index >= 15 is 0 Å². The number of guanidine groups is 1. The van der Waals surface area contributed by atoms with Gasteiger partial charge < -0.3 is 24.5 Å². The van der Waals surface area contributed by atoms with E-state index in [1.54, 1.807) is 6.26 Å². The number of hydrogen-bond acceptors (Lipinski definition) is 4. The molecule has 2 aromatic rings. The smallest absolute Gasteiger partial charge is 0.191 e. The SMILES string of the molecule is CC1(CCN=C(NCCc2ccco2)NC2CCc3ccccc3C2)OCCO1.I. The molecule has 4 rings (SSSR count). The van der Waals surface area contributed by atoms with Crippen LogP contribution >= 0.6 is 24.0 Å². The van der Waals surface area contributed by atoms with E-state index in [2.05, 4.69) is 34.9 Å². The van der Waals surface area contributed by atoms with Gasteiger partial charge in [-0.15, -0.1) is 24.0 Å². The summed E-state index contributed by atoms with van der Waals surface area (Å²) in [6.45, 7) is 4.73. The molecule has 1 saturated heterocycles. The summed E-state index contributed by atoms with van der Waals surface area (Å²) >= 11 is 0. The molecule has 2 N–H and O–H groups in total. The maximum absolute atomic E-state index is 5.70. The van der Waals surface area contributed by atoms with E-state index in [0.29, 0.717) is 25.8 Å². The molecule has 0 bridgehead atoms. The summed E-state index contributed by atoms with van der Waals surface area (Å²) in [7, 11) is 0.